The number of ether oxygens (including phenoxy) is 2. The number of carbonyl (C=O) groups excluding carboxylic acids is 1. The van der Waals surface area contributed by atoms with Gasteiger partial charge in [-0.1, -0.05) is 38.3 Å². The smallest absolute Gasteiger partial charge is 0.341 e. The fourth-order valence-corrected chi connectivity index (χ4v) is 3.20. The third-order valence-electron chi connectivity index (χ3n) is 4.70. The number of carbonyl (C=O) groups is 1. The summed E-state index contributed by atoms with van der Waals surface area (Å²) in [4.78, 5) is 12.1. The average molecular weight is 371 g/mol. The van der Waals surface area contributed by atoms with Crippen LogP contribution in [0.15, 0.2) is 12.1 Å². The molecule has 25 heavy (non-hydrogen) atoms. The fraction of sp³-hybridized carbons (Fsp3) is 0.650. The third kappa shape index (κ3) is 5.60. The van der Waals surface area contributed by atoms with Crippen molar-refractivity contribution < 1.29 is 18.7 Å². The van der Waals surface area contributed by atoms with Gasteiger partial charge in [0.15, 0.2) is 0 Å². The molecule has 1 aromatic carbocycles. The molecule has 1 saturated carbocycles. The standard InChI is InChI=1S/C20H28ClFO3/c1-13-6-8-20(5,9-7-13)12-24-17-11-16(22)14(10-15(17)21)18(23)25-19(2,3)4/h10-11,13H,6-9,12H2,1-5H3/t13-,20+. The van der Waals surface area contributed by atoms with Crippen LogP contribution in [-0.4, -0.2) is 18.2 Å². The van der Waals surface area contributed by atoms with Crippen LogP contribution in [0, 0.1) is 17.2 Å². The summed E-state index contributed by atoms with van der Waals surface area (Å²) in [7, 11) is 0. The lowest BCUT2D eigenvalue weighted by Gasteiger charge is -2.36. The molecular formula is C20H28ClFO3. The Morgan fingerprint density at radius 3 is 2.48 bits per heavy atom. The summed E-state index contributed by atoms with van der Waals surface area (Å²) in [6, 6.07) is 2.46. The van der Waals surface area contributed by atoms with Crippen molar-refractivity contribution >= 4 is 17.6 Å². The van der Waals surface area contributed by atoms with E-state index in [0.717, 1.165) is 18.8 Å². The Morgan fingerprint density at radius 2 is 1.92 bits per heavy atom. The van der Waals surface area contributed by atoms with Crippen molar-refractivity contribution in [1.29, 1.82) is 0 Å². The molecule has 0 N–H and O–H groups in total. The molecule has 0 saturated heterocycles. The molecule has 0 spiro atoms. The Kier molecular flexibility index (Phi) is 6.03. The van der Waals surface area contributed by atoms with Crippen molar-refractivity contribution in [2.45, 2.75) is 65.9 Å². The van der Waals surface area contributed by atoms with E-state index in [4.69, 9.17) is 21.1 Å². The maximum atomic E-state index is 14.3. The SMILES string of the molecule is CC(C)(C)OC(=O)c1cc(Cl)c(OC[C@]2(C)CC[C@H](C)CC2)cc1F. The quantitative estimate of drug-likeness (QED) is 0.607. The second-order valence-electron chi connectivity index (χ2n) is 8.55. The molecular weight excluding hydrogens is 343 g/mol. The van der Waals surface area contributed by atoms with Crippen LogP contribution < -0.4 is 4.74 Å². The highest BCUT2D eigenvalue weighted by Crippen LogP contribution is 2.39. The van der Waals surface area contributed by atoms with Gasteiger partial charge >= 0.3 is 5.97 Å². The van der Waals surface area contributed by atoms with Gasteiger partial charge in [0.25, 0.3) is 0 Å². The summed E-state index contributed by atoms with van der Waals surface area (Å²) in [5.74, 6) is -0.392. The largest absolute Gasteiger partial charge is 0.491 e. The lowest BCUT2D eigenvalue weighted by Crippen LogP contribution is -2.30. The van der Waals surface area contributed by atoms with E-state index in [1.54, 1.807) is 20.8 Å². The zero-order valence-electron chi connectivity index (χ0n) is 15.7. The number of halogens is 2. The molecule has 140 valence electrons. The van der Waals surface area contributed by atoms with E-state index in [9.17, 15) is 9.18 Å². The molecule has 1 aromatic rings. The van der Waals surface area contributed by atoms with Crippen molar-refractivity contribution in [2.75, 3.05) is 6.61 Å². The Balaban J connectivity index is 2.08. The average Bonchev–Trinajstić information content (AvgIpc) is 2.49. The molecule has 2 rings (SSSR count). The van der Waals surface area contributed by atoms with Crippen molar-refractivity contribution in [3.05, 3.63) is 28.5 Å². The second-order valence-corrected chi connectivity index (χ2v) is 8.95. The molecule has 5 heteroatoms. The van der Waals surface area contributed by atoms with Crippen LogP contribution >= 0.6 is 11.6 Å². The summed E-state index contributed by atoms with van der Waals surface area (Å²) >= 11 is 6.20. The van der Waals surface area contributed by atoms with Crippen LogP contribution in [0.2, 0.25) is 5.02 Å². The molecule has 0 aromatic heterocycles. The molecule has 3 nitrogen and oxygen atoms in total. The highest BCUT2D eigenvalue weighted by atomic mass is 35.5. The number of hydrogen-bond donors (Lipinski definition) is 0. The Hall–Kier alpha value is -1.29. The zero-order chi connectivity index (χ0) is 18.8. The number of rotatable bonds is 4. The minimum Gasteiger partial charge on any atom is -0.491 e. The Morgan fingerprint density at radius 1 is 1.32 bits per heavy atom. The van der Waals surface area contributed by atoms with E-state index in [2.05, 4.69) is 13.8 Å². The first-order valence-electron chi connectivity index (χ1n) is 8.84. The molecule has 1 aliphatic carbocycles. The van der Waals surface area contributed by atoms with Crippen LogP contribution in [0.5, 0.6) is 5.75 Å². The minimum absolute atomic E-state index is 0.0795. The molecule has 0 heterocycles. The van der Waals surface area contributed by atoms with Crippen molar-refractivity contribution in [3.63, 3.8) is 0 Å². The summed E-state index contributed by atoms with van der Waals surface area (Å²) in [6.07, 6.45) is 4.54. The molecule has 0 atom stereocenters. The first-order valence-corrected chi connectivity index (χ1v) is 9.22. The van der Waals surface area contributed by atoms with Crippen molar-refractivity contribution in [1.82, 2.24) is 0 Å². The highest BCUT2D eigenvalue weighted by molar-refractivity contribution is 6.32. The number of benzene rings is 1. The van der Waals surface area contributed by atoms with E-state index >= 15 is 0 Å². The van der Waals surface area contributed by atoms with Gasteiger partial charge < -0.3 is 9.47 Å². The van der Waals surface area contributed by atoms with Crippen LogP contribution in [-0.2, 0) is 4.74 Å². The van der Waals surface area contributed by atoms with E-state index in [1.165, 1.54) is 25.0 Å². The summed E-state index contributed by atoms with van der Waals surface area (Å²) in [5.41, 5.74) is -0.793. The van der Waals surface area contributed by atoms with Gasteiger partial charge in [-0.25, -0.2) is 9.18 Å². The van der Waals surface area contributed by atoms with E-state index in [-0.39, 0.29) is 21.8 Å². The predicted molar refractivity (Wildman–Crippen MR) is 97.8 cm³/mol. The van der Waals surface area contributed by atoms with Gasteiger partial charge in [0.2, 0.25) is 0 Å². The van der Waals surface area contributed by atoms with Crippen LogP contribution in [0.3, 0.4) is 0 Å². The second kappa shape index (κ2) is 7.53. The van der Waals surface area contributed by atoms with Crippen LogP contribution in [0.4, 0.5) is 4.39 Å². The van der Waals surface area contributed by atoms with Crippen molar-refractivity contribution in [2.24, 2.45) is 11.3 Å². The number of hydrogen-bond acceptors (Lipinski definition) is 3. The molecule has 0 unspecified atom stereocenters. The number of esters is 1. The fourth-order valence-electron chi connectivity index (χ4n) is 2.98. The van der Waals surface area contributed by atoms with Gasteiger partial charge in [0, 0.05) is 11.5 Å². The van der Waals surface area contributed by atoms with Gasteiger partial charge in [0.05, 0.1) is 17.2 Å². The first-order chi connectivity index (χ1) is 11.5. The highest BCUT2D eigenvalue weighted by Gasteiger charge is 2.31. The van der Waals surface area contributed by atoms with E-state index < -0.39 is 17.4 Å². The van der Waals surface area contributed by atoms with Crippen LogP contribution in [0.25, 0.3) is 0 Å². The normalized spacial score (nSPS) is 24.0. The van der Waals surface area contributed by atoms with Gasteiger partial charge in [-0.15, -0.1) is 0 Å². The summed E-state index contributed by atoms with van der Waals surface area (Å²) in [5, 5.41) is 0.218. The maximum Gasteiger partial charge on any atom is 0.341 e. The Bertz CT molecular complexity index is 629. The summed E-state index contributed by atoms with van der Waals surface area (Å²) < 4.78 is 25.3. The van der Waals surface area contributed by atoms with Crippen LogP contribution in [0.1, 0.15) is 70.7 Å². The van der Waals surface area contributed by atoms with E-state index in [1.807, 2.05) is 0 Å². The molecule has 0 amide bonds. The van der Waals surface area contributed by atoms with Gasteiger partial charge in [0.1, 0.15) is 17.2 Å². The van der Waals surface area contributed by atoms with Gasteiger partial charge in [-0.2, -0.15) is 0 Å². The minimum atomic E-state index is -0.730. The van der Waals surface area contributed by atoms with Gasteiger partial charge in [-0.3, -0.25) is 0 Å². The van der Waals surface area contributed by atoms with Gasteiger partial charge in [-0.05, 0) is 45.6 Å². The topological polar surface area (TPSA) is 35.5 Å². The predicted octanol–water partition coefficient (Wildman–Crippen LogP) is 6.03. The zero-order valence-corrected chi connectivity index (χ0v) is 16.5. The molecule has 0 radical (unpaired) electrons. The van der Waals surface area contributed by atoms with E-state index in [0.29, 0.717) is 6.61 Å². The third-order valence-corrected chi connectivity index (χ3v) is 4.99. The molecule has 0 bridgehead atoms. The Labute approximate surface area is 154 Å². The lowest BCUT2D eigenvalue weighted by atomic mass is 9.73. The lowest BCUT2D eigenvalue weighted by molar-refractivity contribution is 0.00646. The molecule has 0 aliphatic heterocycles. The van der Waals surface area contributed by atoms with Crippen molar-refractivity contribution in [3.8, 4) is 5.75 Å². The monoisotopic (exact) mass is 370 g/mol. The summed E-state index contributed by atoms with van der Waals surface area (Å²) in [6.45, 7) is 10.1. The first kappa shape index (κ1) is 20.0. The molecule has 1 fully saturated rings. The maximum absolute atomic E-state index is 14.3. The molecule has 1 aliphatic rings.